The maximum Gasteiger partial charge on any atom is 0.416 e. The topological polar surface area (TPSA) is 34.1 Å². The van der Waals surface area contributed by atoms with E-state index in [-0.39, 0.29) is 10.6 Å². The summed E-state index contributed by atoms with van der Waals surface area (Å²) in [6.07, 6.45) is -3.28. The van der Waals surface area contributed by atoms with Crippen molar-refractivity contribution in [2.24, 2.45) is 5.41 Å². The van der Waals surface area contributed by atoms with Gasteiger partial charge in [0, 0.05) is 5.33 Å². The molecule has 0 aliphatic heterocycles. The van der Waals surface area contributed by atoms with E-state index >= 15 is 0 Å². The van der Waals surface area contributed by atoms with Crippen molar-refractivity contribution in [2.75, 3.05) is 11.1 Å². The Bertz CT molecular complexity index is 570. The van der Waals surface area contributed by atoms with Crippen LogP contribution in [-0.4, -0.2) is 19.5 Å². The van der Waals surface area contributed by atoms with Crippen molar-refractivity contribution in [1.82, 2.24) is 0 Å². The van der Waals surface area contributed by atoms with Crippen LogP contribution in [0.3, 0.4) is 0 Å². The van der Waals surface area contributed by atoms with E-state index in [2.05, 4.69) is 15.9 Å². The molecule has 0 atom stereocenters. The summed E-state index contributed by atoms with van der Waals surface area (Å²) in [6.45, 7) is 3.76. The van der Waals surface area contributed by atoms with Gasteiger partial charge in [-0.15, -0.1) is 0 Å². The smallest absolute Gasteiger partial charge is 0.224 e. The van der Waals surface area contributed by atoms with Crippen LogP contribution in [-0.2, 0) is 16.0 Å². The first-order valence-corrected chi connectivity index (χ1v) is 9.33. The SMILES string of the molecule is CCC(CC)(CBr)CS(=O)(=O)c1cccc(C(F)(F)F)c1. The first-order valence-electron chi connectivity index (χ1n) is 6.56. The van der Waals surface area contributed by atoms with E-state index in [1.807, 2.05) is 13.8 Å². The Morgan fingerprint density at radius 3 is 2.14 bits per heavy atom. The van der Waals surface area contributed by atoms with Crippen molar-refractivity contribution in [3.63, 3.8) is 0 Å². The molecular formula is C14H18BrF3O2S. The molecule has 7 heteroatoms. The van der Waals surface area contributed by atoms with Crippen LogP contribution in [0.2, 0.25) is 0 Å². The Kier molecular flexibility index (Phi) is 5.89. The molecule has 0 saturated carbocycles. The van der Waals surface area contributed by atoms with E-state index in [4.69, 9.17) is 0 Å². The van der Waals surface area contributed by atoms with Crippen LogP contribution in [0.25, 0.3) is 0 Å². The standard InChI is InChI=1S/C14H18BrF3O2S/c1-3-13(4-2,9-15)10-21(19,20)12-7-5-6-11(8-12)14(16,17)18/h5-8H,3-4,9-10H2,1-2H3. The van der Waals surface area contributed by atoms with Gasteiger partial charge in [0.2, 0.25) is 0 Å². The van der Waals surface area contributed by atoms with E-state index in [0.717, 1.165) is 12.1 Å². The number of sulfone groups is 1. The summed E-state index contributed by atoms with van der Waals surface area (Å²) in [5.41, 5.74) is -1.41. The van der Waals surface area contributed by atoms with Crippen molar-refractivity contribution in [2.45, 2.75) is 37.8 Å². The molecule has 0 unspecified atom stereocenters. The predicted molar refractivity (Wildman–Crippen MR) is 80.3 cm³/mol. The summed E-state index contributed by atoms with van der Waals surface area (Å²) in [5.74, 6) is -0.167. The van der Waals surface area contributed by atoms with Crippen LogP contribution in [0.1, 0.15) is 32.3 Å². The molecule has 0 aliphatic carbocycles. The minimum atomic E-state index is -4.55. The average molecular weight is 387 g/mol. The largest absolute Gasteiger partial charge is 0.416 e. The van der Waals surface area contributed by atoms with Gasteiger partial charge in [0.25, 0.3) is 0 Å². The highest BCUT2D eigenvalue weighted by Crippen LogP contribution is 2.34. The lowest BCUT2D eigenvalue weighted by Crippen LogP contribution is -2.31. The van der Waals surface area contributed by atoms with Gasteiger partial charge in [0.05, 0.1) is 16.2 Å². The van der Waals surface area contributed by atoms with Gasteiger partial charge in [0.15, 0.2) is 9.84 Å². The molecule has 0 aliphatic rings. The zero-order valence-electron chi connectivity index (χ0n) is 11.9. The van der Waals surface area contributed by atoms with Gasteiger partial charge >= 0.3 is 6.18 Å². The molecule has 120 valence electrons. The lowest BCUT2D eigenvalue weighted by Gasteiger charge is -2.29. The molecule has 0 bridgehead atoms. The second-order valence-corrected chi connectivity index (χ2v) is 7.68. The molecular weight excluding hydrogens is 369 g/mol. The van der Waals surface area contributed by atoms with Crippen LogP contribution in [0.4, 0.5) is 13.2 Å². The molecule has 0 spiro atoms. The van der Waals surface area contributed by atoms with Crippen LogP contribution < -0.4 is 0 Å². The van der Waals surface area contributed by atoms with E-state index < -0.39 is 27.0 Å². The monoisotopic (exact) mass is 386 g/mol. The third-order valence-electron chi connectivity index (χ3n) is 3.80. The Labute approximate surface area is 131 Å². The number of alkyl halides is 4. The Morgan fingerprint density at radius 1 is 1.14 bits per heavy atom. The minimum absolute atomic E-state index is 0.167. The number of hydrogen-bond donors (Lipinski definition) is 0. The van der Waals surface area contributed by atoms with Crippen LogP contribution >= 0.6 is 15.9 Å². The molecule has 2 nitrogen and oxygen atoms in total. The predicted octanol–water partition coefficient (Wildman–Crippen LogP) is 4.68. The summed E-state index contributed by atoms with van der Waals surface area (Å²) >= 11 is 3.32. The number of hydrogen-bond acceptors (Lipinski definition) is 2. The van der Waals surface area contributed by atoms with E-state index in [1.54, 1.807) is 0 Å². The van der Waals surface area contributed by atoms with Gasteiger partial charge in [-0.1, -0.05) is 35.8 Å². The Balaban J connectivity index is 3.20. The van der Waals surface area contributed by atoms with E-state index in [1.165, 1.54) is 6.07 Å². The maximum atomic E-state index is 12.7. The van der Waals surface area contributed by atoms with Crippen LogP contribution in [0, 0.1) is 5.41 Å². The molecule has 1 aromatic rings. The summed E-state index contributed by atoms with van der Waals surface area (Å²) in [4.78, 5) is -0.274. The second-order valence-electron chi connectivity index (χ2n) is 5.13. The van der Waals surface area contributed by atoms with E-state index in [9.17, 15) is 21.6 Å². The van der Waals surface area contributed by atoms with Crippen molar-refractivity contribution >= 4 is 25.8 Å². The summed E-state index contributed by atoms with van der Waals surface area (Å²) < 4.78 is 62.9. The van der Waals surface area contributed by atoms with Gasteiger partial charge in [-0.25, -0.2) is 8.42 Å². The fourth-order valence-electron chi connectivity index (χ4n) is 2.03. The third kappa shape index (κ3) is 4.45. The highest BCUT2D eigenvalue weighted by Gasteiger charge is 2.35. The first-order chi connectivity index (χ1) is 9.60. The zero-order valence-corrected chi connectivity index (χ0v) is 14.3. The van der Waals surface area contributed by atoms with Gasteiger partial charge in [0.1, 0.15) is 0 Å². The minimum Gasteiger partial charge on any atom is -0.224 e. The fraction of sp³-hybridized carbons (Fsp3) is 0.571. The lowest BCUT2D eigenvalue weighted by atomic mass is 9.87. The van der Waals surface area contributed by atoms with Gasteiger partial charge in [-0.3, -0.25) is 0 Å². The van der Waals surface area contributed by atoms with Gasteiger partial charge < -0.3 is 0 Å². The summed E-state index contributed by atoms with van der Waals surface area (Å²) in [7, 11) is -3.77. The number of rotatable bonds is 6. The molecule has 0 saturated heterocycles. The third-order valence-corrected chi connectivity index (χ3v) is 6.95. The highest BCUT2D eigenvalue weighted by atomic mass is 79.9. The highest BCUT2D eigenvalue weighted by molar-refractivity contribution is 9.09. The molecule has 0 heterocycles. The Morgan fingerprint density at radius 2 is 1.71 bits per heavy atom. The first kappa shape index (κ1) is 18.5. The van der Waals surface area contributed by atoms with Crippen LogP contribution in [0.15, 0.2) is 29.2 Å². The van der Waals surface area contributed by atoms with Crippen molar-refractivity contribution in [3.05, 3.63) is 29.8 Å². The van der Waals surface area contributed by atoms with Crippen molar-refractivity contribution in [3.8, 4) is 0 Å². The fourth-order valence-corrected chi connectivity index (χ4v) is 5.36. The summed E-state index contributed by atoms with van der Waals surface area (Å²) in [5, 5.41) is 0.491. The van der Waals surface area contributed by atoms with E-state index in [0.29, 0.717) is 24.2 Å². The molecule has 1 aromatic carbocycles. The molecule has 0 fully saturated rings. The molecule has 21 heavy (non-hydrogen) atoms. The van der Waals surface area contributed by atoms with Crippen molar-refractivity contribution in [1.29, 1.82) is 0 Å². The number of benzene rings is 1. The zero-order chi connectivity index (χ0) is 16.3. The van der Waals surface area contributed by atoms with Crippen molar-refractivity contribution < 1.29 is 21.6 Å². The van der Waals surface area contributed by atoms with Gasteiger partial charge in [-0.2, -0.15) is 13.2 Å². The quantitative estimate of drug-likeness (QED) is 0.665. The molecule has 0 N–H and O–H groups in total. The van der Waals surface area contributed by atoms with Gasteiger partial charge in [-0.05, 0) is 36.5 Å². The average Bonchev–Trinajstić information content (AvgIpc) is 2.44. The second kappa shape index (κ2) is 6.69. The Hall–Kier alpha value is -0.560. The molecule has 0 radical (unpaired) electrons. The number of halogens is 4. The maximum absolute atomic E-state index is 12.7. The molecule has 0 aromatic heterocycles. The lowest BCUT2D eigenvalue weighted by molar-refractivity contribution is -0.137. The summed E-state index contributed by atoms with van der Waals surface area (Å²) in [6, 6.07) is 3.92. The normalized spacial score (nSPS) is 13.4. The molecule has 1 rings (SSSR count). The van der Waals surface area contributed by atoms with Crippen LogP contribution in [0.5, 0.6) is 0 Å². The molecule has 0 amide bonds.